The van der Waals surface area contributed by atoms with E-state index in [4.69, 9.17) is 4.74 Å². The molecule has 2 amide bonds. The van der Waals surface area contributed by atoms with Crippen LogP contribution in [0.15, 0.2) is 30.3 Å². The van der Waals surface area contributed by atoms with Crippen molar-refractivity contribution in [1.29, 1.82) is 0 Å². The van der Waals surface area contributed by atoms with Crippen molar-refractivity contribution in [3.05, 3.63) is 58.3 Å². The summed E-state index contributed by atoms with van der Waals surface area (Å²) in [5.41, 5.74) is 4.52. The van der Waals surface area contributed by atoms with Gasteiger partial charge in [0.1, 0.15) is 5.75 Å². The third-order valence-corrected chi connectivity index (χ3v) is 7.30. The Morgan fingerprint density at radius 3 is 2.51 bits per heavy atom. The fourth-order valence-corrected chi connectivity index (χ4v) is 5.33. The van der Waals surface area contributed by atoms with Crippen LogP contribution in [0, 0.1) is 0 Å². The lowest BCUT2D eigenvalue weighted by Crippen LogP contribution is -2.35. The molecule has 0 atom stereocenters. The zero-order valence-electron chi connectivity index (χ0n) is 19.6. The molecular weight excluding hydrogens is 446 g/mol. The molecule has 0 aliphatic carbocycles. The van der Waals surface area contributed by atoms with E-state index in [2.05, 4.69) is 33.3 Å². The van der Waals surface area contributed by atoms with Gasteiger partial charge in [-0.15, -0.1) is 0 Å². The summed E-state index contributed by atoms with van der Waals surface area (Å²) in [6.45, 7) is 6.69. The van der Waals surface area contributed by atoms with Gasteiger partial charge in [-0.2, -0.15) is 5.10 Å². The topological polar surface area (TPSA) is 102 Å². The zero-order chi connectivity index (χ0) is 23.9. The fourth-order valence-electron chi connectivity index (χ4n) is 5.33. The van der Waals surface area contributed by atoms with Gasteiger partial charge in [0.05, 0.1) is 24.3 Å². The summed E-state index contributed by atoms with van der Waals surface area (Å²) in [7, 11) is 0. The molecule has 0 radical (unpaired) electrons. The molecule has 3 aliphatic heterocycles. The van der Waals surface area contributed by atoms with Crippen LogP contribution in [0.25, 0.3) is 10.9 Å². The maximum Gasteiger partial charge on any atom is 0.274 e. The van der Waals surface area contributed by atoms with Crippen LogP contribution in [-0.4, -0.2) is 81.2 Å². The molecule has 9 heteroatoms. The summed E-state index contributed by atoms with van der Waals surface area (Å²) in [6.07, 6.45) is 1.98. The van der Waals surface area contributed by atoms with Crippen LogP contribution >= 0.6 is 0 Å². The highest BCUT2D eigenvalue weighted by atomic mass is 16.5. The fraction of sp³-hybridized carbons (Fsp3) is 0.423. The van der Waals surface area contributed by atoms with Crippen LogP contribution in [-0.2, 0) is 24.4 Å². The monoisotopic (exact) mass is 475 g/mol. The van der Waals surface area contributed by atoms with E-state index < -0.39 is 0 Å². The largest absolute Gasteiger partial charge is 0.507 e. The van der Waals surface area contributed by atoms with E-state index in [1.165, 1.54) is 11.6 Å². The van der Waals surface area contributed by atoms with E-state index in [1.807, 2.05) is 0 Å². The van der Waals surface area contributed by atoms with Gasteiger partial charge >= 0.3 is 0 Å². The Balaban J connectivity index is 1.22. The second kappa shape index (κ2) is 8.98. The van der Waals surface area contributed by atoms with Crippen molar-refractivity contribution >= 4 is 22.7 Å². The van der Waals surface area contributed by atoms with Gasteiger partial charge in [0.15, 0.2) is 5.69 Å². The van der Waals surface area contributed by atoms with Crippen LogP contribution in [0.4, 0.5) is 0 Å². The SMILES string of the molecule is O=C(c1cc2c(C(=O)N3CCCC3)n[nH]c2cc1O)N1Cc2ccc(CN3CCOCC3)cc2C1. The molecule has 4 heterocycles. The van der Waals surface area contributed by atoms with E-state index in [9.17, 15) is 14.7 Å². The zero-order valence-corrected chi connectivity index (χ0v) is 19.6. The standard InChI is InChI=1S/C26H29N5O4/c32-23-13-22-20(24(28-27-22)26(34)30-5-1-2-6-30)12-21(23)25(33)31-15-18-4-3-17(11-19(18)16-31)14-29-7-9-35-10-8-29/h3-4,11-13,32H,1-2,5-10,14-16H2,(H,27,28). The lowest BCUT2D eigenvalue weighted by atomic mass is 10.1. The van der Waals surface area contributed by atoms with Gasteiger partial charge in [-0.3, -0.25) is 19.6 Å². The smallest absolute Gasteiger partial charge is 0.274 e. The van der Waals surface area contributed by atoms with Crippen molar-refractivity contribution < 1.29 is 19.4 Å². The Labute approximate surface area is 203 Å². The van der Waals surface area contributed by atoms with Crippen LogP contribution in [0.2, 0.25) is 0 Å². The summed E-state index contributed by atoms with van der Waals surface area (Å²) in [5, 5.41) is 18.2. The number of nitrogens with one attached hydrogen (secondary N) is 1. The second-order valence-corrected chi connectivity index (χ2v) is 9.64. The number of aromatic nitrogens is 2. The number of hydrogen-bond acceptors (Lipinski definition) is 6. The summed E-state index contributed by atoms with van der Waals surface area (Å²) in [6, 6.07) is 9.51. The van der Waals surface area contributed by atoms with Crippen LogP contribution < -0.4 is 0 Å². The average Bonchev–Trinajstić information content (AvgIpc) is 3.62. The summed E-state index contributed by atoms with van der Waals surface area (Å²) in [5.74, 6) is -0.509. The highest BCUT2D eigenvalue weighted by Crippen LogP contribution is 2.31. The predicted octanol–water partition coefficient (Wildman–Crippen LogP) is 2.49. The number of ether oxygens (including phenoxy) is 1. The first-order valence-corrected chi connectivity index (χ1v) is 12.3. The number of aromatic amines is 1. The number of H-pyrrole nitrogens is 1. The summed E-state index contributed by atoms with van der Waals surface area (Å²) < 4.78 is 5.44. The lowest BCUT2D eigenvalue weighted by Gasteiger charge is -2.26. The molecule has 182 valence electrons. The number of aromatic hydroxyl groups is 1. The molecule has 2 fully saturated rings. The van der Waals surface area contributed by atoms with Gasteiger partial charge in [-0.25, -0.2) is 0 Å². The Bertz CT molecular complexity index is 1290. The number of likely N-dealkylation sites (tertiary alicyclic amines) is 1. The van der Waals surface area contributed by atoms with Crippen LogP contribution in [0.3, 0.4) is 0 Å². The van der Waals surface area contributed by atoms with Gasteiger partial charge in [-0.1, -0.05) is 18.2 Å². The van der Waals surface area contributed by atoms with E-state index >= 15 is 0 Å². The van der Waals surface area contributed by atoms with Gasteiger partial charge in [0.25, 0.3) is 11.8 Å². The van der Waals surface area contributed by atoms with Gasteiger partial charge in [0.2, 0.25) is 0 Å². The number of hydrogen-bond donors (Lipinski definition) is 2. The summed E-state index contributed by atoms with van der Waals surface area (Å²) >= 11 is 0. The highest BCUT2D eigenvalue weighted by Gasteiger charge is 2.29. The van der Waals surface area contributed by atoms with Crippen LogP contribution in [0.1, 0.15) is 50.4 Å². The second-order valence-electron chi connectivity index (χ2n) is 9.64. The molecule has 0 unspecified atom stereocenters. The van der Waals surface area contributed by atoms with Gasteiger partial charge < -0.3 is 19.6 Å². The number of benzene rings is 2. The molecule has 6 rings (SSSR count). The quantitative estimate of drug-likeness (QED) is 0.601. The average molecular weight is 476 g/mol. The maximum absolute atomic E-state index is 13.5. The highest BCUT2D eigenvalue weighted by molar-refractivity contribution is 6.08. The van der Waals surface area contributed by atoms with Crippen molar-refractivity contribution in [3.8, 4) is 5.75 Å². The predicted molar refractivity (Wildman–Crippen MR) is 129 cm³/mol. The molecule has 0 saturated carbocycles. The molecule has 2 aromatic carbocycles. The molecule has 2 saturated heterocycles. The molecule has 9 nitrogen and oxygen atoms in total. The normalized spacial score (nSPS) is 18.4. The van der Waals surface area contributed by atoms with Crippen molar-refractivity contribution in [1.82, 2.24) is 24.9 Å². The number of morpholine rings is 1. The molecule has 35 heavy (non-hydrogen) atoms. The number of phenolic OH excluding ortho intramolecular Hbond substituents is 1. The summed E-state index contributed by atoms with van der Waals surface area (Å²) in [4.78, 5) is 32.3. The number of nitrogens with zero attached hydrogens (tertiary/aromatic N) is 4. The minimum absolute atomic E-state index is 0.115. The van der Waals surface area contributed by atoms with E-state index in [0.717, 1.165) is 69.9 Å². The number of fused-ring (bicyclic) bond motifs is 2. The minimum Gasteiger partial charge on any atom is -0.507 e. The van der Waals surface area contributed by atoms with Gasteiger partial charge in [-0.05, 0) is 35.6 Å². The molecule has 1 aromatic heterocycles. The van der Waals surface area contributed by atoms with Crippen molar-refractivity contribution in [3.63, 3.8) is 0 Å². The Kier molecular flexibility index (Phi) is 5.66. The first kappa shape index (κ1) is 22.1. The number of carbonyl (C=O) groups excluding carboxylic acids is 2. The van der Waals surface area contributed by atoms with Crippen LogP contribution in [0.5, 0.6) is 5.75 Å². The number of amides is 2. The first-order chi connectivity index (χ1) is 17.1. The molecule has 3 aromatic rings. The Morgan fingerprint density at radius 1 is 0.943 bits per heavy atom. The van der Waals surface area contributed by atoms with Crippen molar-refractivity contribution in [2.24, 2.45) is 0 Å². The number of carbonyl (C=O) groups is 2. The van der Waals surface area contributed by atoms with Crippen molar-refractivity contribution in [2.75, 3.05) is 39.4 Å². The minimum atomic E-state index is -0.254. The third kappa shape index (κ3) is 4.15. The van der Waals surface area contributed by atoms with E-state index in [1.54, 1.807) is 15.9 Å². The Morgan fingerprint density at radius 2 is 1.71 bits per heavy atom. The molecule has 3 aliphatic rings. The first-order valence-electron chi connectivity index (χ1n) is 12.3. The third-order valence-electron chi connectivity index (χ3n) is 7.30. The molecule has 0 spiro atoms. The molecule has 0 bridgehead atoms. The van der Waals surface area contributed by atoms with Crippen molar-refractivity contribution in [2.45, 2.75) is 32.5 Å². The number of phenols is 1. The number of rotatable bonds is 4. The molecule has 2 N–H and O–H groups in total. The maximum atomic E-state index is 13.5. The van der Waals surface area contributed by atoms with Gasteiger partial charge in [0, 0.05) is 57.3 Å². The Hall–Kier alpha value is -3.43. The van der Waals surface area contributed by atoms with E-state index in [-0.39, 0.29) is 23.1 Å². The van der Waals surface area contributed by atoms with E-state index in [0.29, 0.717) is 29.7 Å². The molecular formula is C26H29N5O4. The lowest BCUT2D eigenvalue weighted by molar-refractivity contribution is 0.0342.